The smallest absolute Gasteiger partial charge is 0.241 e. The van der Waals surface area contributed by atoms with Crippen LogP contribution < -0.4 is 11.1 Å². The van der Waals surface area contributed by atoms with Gasteiger partial charge in [0.2, 0.25) is 5.91 Å². The van der Waals surface area contributed by atoms with Gasteiger partial charge in [-0.15, -0.1) is 0 Å². The van der Waals surface area contributed by atoms with E-state index in [9.17, 15) is 4.79 Å². The molecule has 5 nitrogen and oxygen atoms in total. The molecule has 0 aliphatic carbocycles. The molecule has 1 aromatic heterocycles. The fraction of sp³-hybridized carbons (Fsp3) is 0.667. The summed E-state index contributed by atoms with van der Waals surface area (Å²) in [6.45, 7) is 9.85. The topological polar surface area (TPSA) is 72.9 Å². The van der Waals surface area contributed by atoms with Crippen LogP contribution in [0.15, 0.2) is 0 Å². The quantitative estimate of drug-likeness (QED) is 0.839. The molecule has 3 N–H and O–H groups in total. The number of hydrogen-bond acceptors (Lipinski definition) is 3. The van der Waals surface area contributed by atoms with E-state index >= 15 is 0 Å². The van der Waals surface area contributed by atoms with Crippen LogP contribution in [0.2, 0.25) is 0 Å². The Morgan fingerprint density at radius 1 is 1.47 bits per heavy atom. The summed E-state index contributed by atoms with van der Waals surface area (Å²) in [6.07, 6.45) is 0.627. The van der Waals surface area contributed by atoms with E-state index in [4.69, 9.17) is 5.73 Å². The Labute approximate surface area is 102 Å². The van der Waals surface area contributed by atoms with Crippen LogP contribution in [0.1, 0.15) is 44.6 Å². The van der Waals surface area contributed by atoms with Crippen LogP contribution in [0.3, 0.4) is 0 Å². The summed E-state index contributed by atoms with van der Waals surface area (Å²) >= 11 is 0. The fourth-order valence-electron chi connectivity index (χ4n) is 1.75. The highest BCUT2D eigenvalue weighted by molar-refractivity contribution is 5.95. The number of aryl methyl sites for hydroxylation is 1. The van der Waals surface area contributed by atoms with Gasteiger partial charge in [-0.3, -0.25) is 9.48 Å². The van der Waals surface area contributed by atoms with E-state index in [0.717, 1.165) is 17.1 Å². The summed E-state index contributed by atoms with van der Waals surface area (Å²) in [4.78, 5) is 11.8. The van der Waals surface area contributed by atoms with Gasteiger partial charge in [0.1, 0.15) is 0 Å². The second-order valence-electron chi connectivity index (χ2n) is 4.59. The molecule has 0 bridgehead atoms. The van der Waals surface area contributed by atoms with Gasteiger partial charge in [0, 0.05) is 6.04 Å². The number of nitrogens with one attached hydrogen (secondary N) is 1. The minimum absolute atomic E-state index is 0.151. The molecule has 1 atom stereocenters. The first-order chi connectivity index (χ1) is 7.88. The van der Waals surface area contributed by atoms with Crippen LogP contribution in [0.5, 0.6) is 0 Å². The number of carbonyl (C=O) groups is 1. The molecule has 0 radical (unpaired) electrons. The molecular formula is C12H22N4O. The largest absolute Gasteiger partial charge is 0.322 e. The maximum Gasteiger partial charge on any atom is 0.241 e. The molecule has 1 aromatic rings. The van der Waals surface area contributed by atoms with E-state index in [-0.39, 0.29) is 11.9 Å². The first-order valence-corrected chi connectivity index (χ1v) is 6.00. The normalized spacial score (nSPS) is 12.9. The second kappa shape index (κ2) is 5.31. The van der Waals surface area contributed by atoms with Crippen LogP contribution >= 0.6 is 0 Å². The van der Waals surface area contributed by atoms with Crippen LogP contribution in [0.25, 0.3) is 0 Å². The van der Waals surface area contributed by atoms with E-state index in [1.165, 1.54) is 0 Å². The summed E-state index contributed by atoms with van der Waals surface area (Å²) < 4.78 is 1.91. The van der Waals surface area contributed by atoms with Crippen molar-refractivity contribution in [3.8, 4) is 0 Å². The monoisotopic (exact) mass is 238 g/mol. The maximum atomic E-state index is 11.8. The summed E-state index contributed by atoms with van der Waals surface area (Å²) in [6, 6.07) is -0.185. The molecule has 0 spiro atoms. The first kappa shape index (κ1) is 13.7. The lowest BCUT2D eigenvalue weighted by molar-refractivity contribution is -0.117. The van der Waals surface area contributed by atoms with Crippen molar-refractivity contribution < 1.29 is 4.79 Å². The Hall–Kier alpha value is -1.36. The molecule has 0 aliphatic rings. The van der Waals surface area contributed by atoms with Crippen LogP contribution in [-0.2, 0) is 4.79 Å². The highest BCUT2D eigenvalue weighted by Crippen LogP contribution is 2.22. The van der Waals surface area contributed by atoms with Crippen molar-refractivity contribution >= 4 is 11.6 Å². The average molecular weight is 238 g/mol. The zero-order valence-corrected chi connectivity index (χ0v) is 11.2. The van der Waals surface area contributed by atoms with Gasteiger partial charge in [0.15, 0.2) is 0 Å². The summed E-state index contributed by atoms with van der Waals surface area (Å²) in [7, 11) is 0. The van der Waals surface area contributed by atoms with Crippen molar-refractivity contribution in [1.82, 2.24) is 9.78 Å². The van der Waals surface area contributed by atoms with Gasteiger partial charge in [0.25, 0.3) is 0 Å². The highest BCUT2D eigenvalue weighted by Gasteiger charge is 2.18. The van der Waals surface area contributed by atoms with Crippen molar-refractivity contribution in [2.24, 2.45) is 5.73 Å². The van der Waals surface area contributed by atoms with Crippen molar-refractivity contribution in [1.29, 1.82) is 0 Å². The number of rotatable bonds is 4. The Kier molecular flexibility index (Phi) is 4.28. The Bertz CT molecular complexity index is 409. The van der Waals surface area contributed by atoms with Crippen molar-refractivity contribution in [3.05, 3.63) is 11.4 Å². The minimum Gasteiger partial charge on any atom is -0.322 e. The molecule has 1 rings (SSSR count). The van der Waals surface area contributed by atoms with E-state index in [0.29, 0.717) is 6.42 Å². The van der Waals surface area contributed by atoms with E-state index < -0.39 is 6.04 Å². The van der Waals surface area contributed by atoms with Gasteiger partial charge in [-0.1, -0.05) is 6.92 Å². The summed E-state index contributed by atoms with van der Waals surface area (Å²) in [5.41, 5.74) is 8.27. The standard InChI is InChI=1S/C12H22N4O/c1-6-10(13)12(17)14-11-8(4)15-16(7(2)3)9(11)5/h7,10H,6,13H2,1-5H3,(H,14,17). The third-order valence-electron chi connectivity index (χ3n) is 2.84. The molecule has 5 heteroatoms. The lowest BCUT2D eigenvalue weighted by Gasteiger charge is -2.11. The molecule has 96 valence electrons. The van der Waals surface area contributed by atoms with E-state index in [2.05, 4.69) is 24.3 Å². The van der Waals surface area contributed by atoms with Gasteiger partial charge >= 0.3 is 0 Å². The summed E-state index contributed by atoms with van der Waals surface area (Å²) in [5, 5.41) is 7.27. The number of hydrogen-bond donors (Lipinski definition) is 2. The molecule has 1 amide bonds. The molecule has 0 saturated carbocycles. The van der Waals surface area contributed by atoms with E-state index in [1.54, 1.807) is 0 Å². The zero-order chi connectivity index (χ0) is 13.2. The van der Waals surface area contributed by atoms with E-state index in [1.807, 2.05) is 25.5 Å². The first-order valence-electron chi connectivity index (χ1n) is 6.00. The Morgan fingerprint density at radius 3 is 2.47 bits per heavy atom. The number of anilines is 1. The average Bonchev–Trinajstić information content (AvgIpc) is 2.55. The van der Waals surface area contributed by atoms with Gasteiger partial charge < -0.3 is 11.1 Å². The third kappa shape index (κ3) is 2.85. The Balaban J connectivity index is 2.96. The number of nitrogens with two attached hydrogens (primary N) is 1. The number of amides is 1. The predicted molar refractivity (Wildman–Crippen MR) is 69.0 cm³/mol. The van der Waals surface area contributed by atoms with Crippen molar-refractivity contribution in [2.75, 3.05) is 5.32 Å². The third-order valence-corrected chi connectivity index (χ3v) is 2.84. The maximum absolute atomic E-state index is 11.8. The van der Waals surface area contributed by atoms with Gasteiger partial charge in [-0.25, -0.2) is 0 Å². The molecule has 0 aromatic carbocycles. The van der Waals surface area contributed by atoms with Gasteiger partial charge in [-0.05, 0) is 34.1 Å². The van der Waals surface area contributed by atoms with Gasteiger partial charge in [0.05, 0.1) is 23.1 Å². The number of aromatic nitrogens is 2. The SMILES string of the molecule is CCC(N)C(=O)Nc1c(C)nn(C(C)C)c1C. The summed E-state index contributed by atoms with van der Waals surface area (Å²) in [5.74, 6) is -0.151. The molecule has 0 saturated heterocycles. The van der Waals surface area contributed by atoms with Gasteiger partial charge in [-0.2, -0.15) is 5.10 Å². The van der Waals surface area contributed by atoms with Crippen LogP contribution in [0.4, 0.5) is 5.69 Å². The highest BCUT2D eigenvalue weighted by atomic mass is 16.2. The molecule has 0 fully saturated rings. The second-order valence-corrected chi connectivity index (χ2v) is 4.59. The molecule has 1 heterocycles. The van der Waals surface area contributed by atoms with Crippen LogP contribution in [-0.4, -0.2) is 21.7 Å². The zero-order valence-electron chi connectivity index (χ0n) is 11.2. The predicted octanol–water partition coefficient (Wildman–Crippen LogP) is 1.76. The minimum atomic E-state index is -0.462. The van der Waals surface area contributed by atoms with Crippen LogP contribution in [0, 0.1) is 13.8 Å². The number of carbonyl (C=O) groups excluding carboxylic acids is 1. The fourth-order valence-corrected chi connectivity index (χ4v) is 1.75. The lowest BCUT2D eigenvalue weighted by atomic mass is 10.2. The molecule has 0 aliphatic heterocycles. The number of nitrogens with zero attached hydrogens (tertiary/aromatic N) is 2. The Morgan fingerprint density at radius 2 is 2.06 bits per heavy atom. The molecule has 1 unspecified atom stereocenters. The lowest BCUT2D eigenvalue weighted by Crippen LogP contribution is -2.35. The molecular weight excluding hydrogens is 216 g/mol. The van der Waals surface area contributed by atoms with Crippen molar-refractivity contribution in [3.63, 3.8) is 0 Å². The molecule has 17 heavy (non-hydrogen) atoms. The van der Waals surface area contributed by atoms with Crippen molar-refractivity contribution in [2.45, 2.75) is 53.1 Å².